The van der Waals surface area contributed by atoms with Crippen LogP contribution in [0.3, 0.4) is 0 Å². The first kappa shape index (κ1) is 83.3. The van der Waals surface area contributed by atoms with Crippen molar-refractivity contribution in [2.24, 2.45) is 0 Å². The number of carbonyl (C=O) groups excluding carboxylic acids is 1. The van der Waals surface area contributed by atoms with E-state index in [1.165, 1.54) is 276 Å². The summed E-state index contributed by atoms with van der Waals surface area (Å²) in [5, 5.41) is 87.5. The highest BCUT2D eigenvalue weighted by molar-refractivity contribution is 5.76. The molecule has 0 aliphatic carbocycles. The molecule has 9 N–H and O–H groups in total. The topological polar surface area (TPSA) is 228 Å². The smallest absolute Gasteiger partial charge is 0.220 e. The second-order valence-electron chi connectivity index (χ2n) is 26.8. The van der Waals surface area contributed by atoms with Crippen LogP contribution in [0.15, 0.2) is 36.5 Å². The molecule has 0 aromatic heterocycles. The van der Waals surface area contributed by atoms with Crippen LogP contribution in [0, 0.1) is 0 Å². The Morgan fingerprint density at radius 2 is 0.719 bits per heavy atom. The van der Waals surface area contributed by atoms with Crippen LogP contribution >= 0.6 is 0 Å². The summed E-state index contributed by atoms with van der Waals surface area (Å²) in [5.74, 6) is -0.243. The van der Waals surface area contributed by atoms with E-state index in [2.05, 4.69) is 43.5 Å². The molecular formula is C75H141NO13. The average Bonchev–Trinajstić information content (AvgIpc) is 2.51. The first-order chi connectivity index (χ1) is 43.6. The summed E-state index contributed by atoms with van der Waals surface area (Å²) in [5.41, 5.74) is 0. The molecule has 0 bridgehead atoms. The number of amides is 1. The number of aliphatic hydroxyl groups excluding tert-OH is 8. The fraction of sp³-hybridized carbons (Fsp3) is 0.907. The highest BCUT2D eigenvalue weighted by Gasteiger charge is 2.51. The van der Waals surface area contributed by atoms with Crippen molar-refractivity contribution in [1.82, 2.24) is 5.32 Å². The quantitative estimate of drug-likeness (QED) is 0.0204. The van der Waals surface area contributed by atoms with E-state index in [9.17, 15) is 45.6 Å². The Labute approximate surface area is 544 Å². The molecule has 0 aromatic rings. The van der Waals surface area contributed by atoms with E-state index in [1.807, 2.05) is 6.08 Å². The summed E-state index contributed by atoms with van der Waals surface area (Å²) < 4.78 is 22.9. The maximum absolute atomic E-state index is 13.4. The Kier molecular flexibility index (Phi) is 56.1. The van der Waals surface area contributed by atoms with Gasteiger partial charge in [-0.05, 0) is 57.8 Å². The van der Waals surface area contributed by atoms with E-state index in [0.717, 1.165) is 32.1 Å². The molecule has 2 rings (SSSR count). The Morgan fingerprint density at radius 3 is 1.10 bits per heavy atom. The second-order valence-corrected chi connectivity index (χ2v) is 26.8. The minimum absolute atomic E-state index is 0.243. The van der Waals surface area contributed by atoms with Crippen molar-refractivity contribution in [2.75, 3.05) is 19.8 Å². The van der Waals surface area contributed by atoms with Gasteiger partial charge in [-0.15, -0.1) is 0 Å². The number of nitrogens with one attached hydrogen (secondary N) is 1. The third-order valence-electron chi connectivity index (χ3n) is 18.5. The van der Waals surface area contributed by atoms with Gasteiger partial charge in [0.15, 0.2) is 12.6 Å². The number of hydrogen-bond donors (Lipinski definition) is 9. The summed E-state index contributed by atoms with van der Waals surface area (Å²) in [6.45, 7) is 2.84. The van der Waals surface area contributed by atoms with Gasteiger partial charge in [0.25, 0.3) is 0 Å². The van der Waals surface area contributed by atoms with Crippen LogP contribution in [0.4, 0.5) is 0 Å². The summed E-state index contributed by atoms with van der Waals surface area (Å²) >= 11 is 0. The molecule has 12 atom stereocenters. The molecule has 12 unspecified atom stereocenters. The van der Waals surface area contributed by atoms with Crippen molar-refractivity contribution in [3.63, 3.8) is 0 Å². The molecule has 14 nitrogen and oxygen atoms in total. The zero-order valence-corrected chi connectivity index (χ0v) is 57.2. The normalized spacial score (nSPS) is 23.2. The number of rotatable bonds is 63. The highest BCUT2D eigenvalue weighted by atomic mass is 16.7. The Hall–Kier alpha value is -1.79. The van der Waals surface area contributed by atoms with Gasteiger partial charge in [-0.1, -0.05) is 314 Å². The largest absolute Gasteiger partial charge is 0.394 e. The average molecular weight is 1260 g/mol. The molecule has 0 saturated carbocycles. The summed E-state index contributed by atoms with van der Waals surface area (Å²) in [6.07, 6.45) is 60.7. The van der Waals surface area contributed by atoms with Crippen LogP contribution in [0.5, 0.6) is 0 Å². The predicted molar refractivity (Wildman–Crippen MR) is 365 cm³/mol. The number of ether oxygens (including phenoxy) is 4. The number of unbranched alkanes of at least 4 members (excludes halogenated alkanes) is 46. The molecule has 2 fully saturated rings. The van der Waals surface area contributed by atoms with Crippen LogP contribution in [0.2, 0.25) is 0 Å². The van der Waals surface area contributed by atoms with Crippen molar-refractivity contribution in [3.8, 4) is 0 Å². The van der Waals surface area contributed by atoms with Crippen molar-refractivity contribution in [2.45, 2.75) is 415 Å². The monoisotopic (exact) mass is 1260 g/mol. The Balaban J connectivity index is 1.66. The van der Waals surface area contributed by atoms with E-state index in [0.29, 0.717) is 12.8 Å². The Bertz CT molecular complexity index is 1630. The minimum atomic E-state index is -1.79. The first-order valence-electron chi connectivity index (χ1n) is 37.7. The number of carbonyl (C=O) groups is 1. The molecule has 2 aliphatic rings. The maximum Gasteiger partial charge on any atom is 0.220 e. The van der Waals surface area contributed by atoms with Gasteiger partial charge in [0.1, 0.15) is 48.8 Å². The first-order valence-corrected chi connectivity index (χ1v) is 37.7. The summed E-state index contributed by atoms with van der Waals surface area (Å²) in [7, 11) is 0. The molecule has 0 aromatic carbocycles. The van der Waals surface area contributed by atoms with Gasteiger partial charge in [-0.25, -0.2) is 0 Å². The minimum Gasteiger partial charge on any atom is -0.394 e. The van der Waals surface area contributed by atoms with Crippen LogP contribution in [0.1, 0.15) is 341 Å². The third kappa shape index (κ3) is 43.7. The van der Waals surface area contributed by atoms with Gasteiger partial charge in [0.05, 0.1) is 32.0 Å². The fourth-order valence-electron chi connectivity index (χ4n) is 12.5. The molecular weight excluding hydrogens is 1120 g/mol. The molecule has 1 amide bonds. The Morgan fingerprint density at radius 1 is 0.393 bits per heavy atom. The lowest BCUT2D eigenvalue weighted by Crippen LogP contribution is -2.65. The summed E-state index contributed by atoms with van der Waals surface area (Å²) in [4.78, 5) is 13.4. The lowest BCUT2D eigenvalue weighted by atomic mass is 9.97. The maximum atomic E-state index is 13.4. The lowest BCUT2D eigenvalue weighted by molar-refractivity contribution is -0.359. The van der Waals surface area contributed by atoms with Crippen molar-refractivity contribution in [3.05, 3.63) is 36.5 Å². The van der Waals surface area contributed by atoms with Crippen LogP contribution < -0.4 is 5.32 Å². The molecule has 2 saturated heterocycles. The van der Waals surface area contributed by atoms with Crippen LogP contribution in [-0.4, -0.2) is 140 Å². The van der Waals surface area contributed by atoms with Crippen LogP contribution in [0.25, 0.3) is 0 Å². The molecule has 524 valence electrons. The van der Waals surface area contributed by atoms with E-state index < -0.39 is 86.8 Å². The zero-order chi connectivity index (χ0) is 64.5. The third-order valence-corrected chi connectivity index (χ3v) is 18.5. The van der Waals surface area contributed by atoms with Crippen molar-refractivity contribution < 1.29 is 64.6 Å². The SMILES string of the molecule is CCCCCCCCCC/C=C\CCCCCCCCCCCCCCCCCCCC(=O)NC(COC1OC(CO)C(OC2OC(CO)C(O)C(O)C2O)C(O)C1O)C(O)/C=C/CC/C=C/CCCCCCCCCCCCCCCCCCCCCC. The molecule has 0 radical (unpaired) electrons. The number of aliphatic hydroxyl groups is 8. The van der Waals surface area contributed by atoms with Gasteiger partial charge >= 0.3 is 0 Å². The van der Waals surface area contributed by atoms with Gasteiger partial charge < -0.3 is 65.1 Å². The van der Waals surface area contributed by atoms with E-state index in [4.69, 9.17) is 18.9 Å². The number of hydrogen-bond acceptors (Lipinski definition) is 13. The van der Waals surface area contributed by atoms with Crippen molar-refractivity contribution >= 4 is 5.91 Å². The highest BCUT2D eigenvalue weighted by Crippen LogP contribution is 2.30. The van der Waals surface area contributed by atoms with Gasteiger partial charge in [-0.3, -0.25) is 4.79 Å². The molecule has 2 heterocycles. The summed E-state index contributed by atoms with van der Waals surface area (Å²) in [6, 6.07) is -0.932. The second kappa shape index (κ2) is 59.9. The van der Waals surface area contributed by atoms with Crippen molar-refractivity contribution in [1.29, 1.82) is 0 Å². The zero-order valence-electron chi connectivity index (χ0n) is 57.2. The molecule has 0 spiro atoms. The fourth-order valence-corrected chi connectivity index (χ4v) is 12.5. The van der Waals surface area contributed by atoms with Gasteiger partial charge in [0, 0.05) is 6.42 Å². The predicted octanol–water partition coefficient (Wildman–Crippen LogP) is 16.1. The van der Waals surface area contributed by atoms with E-state index in [-0.39, 0.29) is 18.9 Å². The van der Waals surface area contributed by atoms with Gasteiger partial charge in [0.2, 0.25) is 5.91 Å². The lowest BCUT2D eigenvalue weighted by Gasteiger charge is -2.46. The molecule has 14 heteroatoms. The standard InChI is InChI=1S/C75H141NO13/c1-3-5-7-9-11-13-15-17-19-21-23-25-27-29-31-32-33-35-37-39-41-43-45-47-49-51-53-55-57-59-67(80)76-63(62-86-74-72(85)70(83)73(66(61-78)88-74)89-75-71(84)69(82)68(81)65(60-77)87-75)64(79)58-56-54-52-50-48-46-44-42-40-38-36-34-30-28-26-24-22-20-18-16-14-12-10-8-6-4-2/h21,23,48,50,56,58,63-66,68-75,77-79,81-85H,3-20,22,24-47,49,51-55,57,59-62H2,1-2H3,(H,76,80)/b23-21-,50-48+,58-56+. The number of allylic oxidation sites excluding steroid dienone is 5. The van der Waals surface area contributed by atoms with Crippen LogP contribution in [-0.2, 0) is 23.7 Å². The molecule has 89 heavy (non-hydrogen) atoms. The molecule has 2 aliphatic heterocycles. The van der Waals surface area contributed by atoms with E-state index >= 15 is 0 Å². The van der Waals surface area contributed by atoms with Gasteiger partial charge in [-0.2, -0.15) is 0 Å². The van der Waals surface area contributed by atoms with E-state index in [1.54, 1.807) is 6.08 Å².